The number of amides is 1. The Kier molecular flexibility index (Phi) is 3.04. The molecule has 132 valence electrons. The number of hydrogen-bond acceptors (Lipinski definition) is 5. The van der Waals surface area contributed by atoms with Crippen LogP contribution in [0.25, 0.3) is 5.82 Å². The first-order valence-corrected chi connectivity index (χ1v) is 8.91. The molecular formula is C19H20N6O. The van der Waals surface area contributed by atoms with Crippen LogP contribution in [0.15, 0.2) is 47.2 Å². The monoisotopic (exact) mass is 348 g/mol. The summed E-state index contributed by atoms with van der Waals surface area (Å²) >= 11 is 0. The second kappa shape index (κ2) is 5.20. The molecule has 3 aliphatic rings. The molecule has 5 rings (SSSR count). The minimum Gasteiger partial charge on any atom is -0.384 e. The predicted molar refractivity (Wildman–Crippen MR) is 99.8 cm³/mol. The van der Waals surface area contributed by atoms with Crippen LogP contribution in [0.2, 0.25) is 0 Å². The van der Waals surface area contributed by atoms with Crippen molar-refractivity contribution in [1.29, 1.82) is 0 Å². The summed E-state index contributed by atoms with van der Waals surface area (Å²) in [6.07, 6.45) is 4.05. The standard InChI is InChI=1S/C19H20N6O/c1-2-24-13-6-4-3-5-12(13)19(18(24)26)11-14-21-9-10-25(14)16(20)15(19)17-22-7-8-23-17/h3-6,9-10H,2,7-8,11,20H2,1H3,(H,22,23). The number of hydrogen-bond donors (Lipinski definition) is 2. The normalized spacial score (nSPS) is 24.0. The van der Waals surface area contributed by atoms with Gasteiger partial charge in [-0.25, -0.2) is 4.98 Å². The third-order valence-corrected chi connectivity index (χ3v) is 5.58. The van der Waals surface area contributed by atoms with Gasteiger partial charge in [-0.3, -0.25) is 14.4 Å². The topological polar surface area (TPSA) is 88.5 Å². The summed E-state index contributed by atoms with van der Waals surface area (Å²) in [5.74, 6) is 2.09. The average Bonchev–Trinajstić information content (AvgIpc) is 3.37. The van der Waals surface area contributed by atoms with Crippen molar-refractivity contribution >= 4 is 23.3 Å². The molecule has 3 N–H and O–H groups in total. The molecule has 1 spiro atoms. The lowest BCUT2D eigenvalue weighted by molar-refractivity contribution is -0.121. The second-order valence-electron chi connectivity index (χ2n) is 6.78. The number of nitrogens with two attached hydrogens (primary N) is 1. The first kappa shape index (κ1) is 15.2. The number of rotatable bonds is 2. The van der Waals surface area contributed by atoms with Gasteiger partial charge in [0, 0.05) is 37.6 Å². The number of imidazole rings is 1. The van der Waals surface area contributed by atoms with Gasteiger partial charge >= 0.3 is 0 Å². The molecule has 7 nitrogen and oxygen atoms in total. The van der Waals surface area contributed by atoms with Gasteiger partial charge in [-0.05, 0) is 18.6 Å². The highest BCUT2D eigenvalue weighted by Gasteiger charge is 2.57. The summed E-state index contributed by atoms with van der Waals surface area (Å²) in [6, 6.07) is 7.98. The number of nitrogens with one attached hydrogen (secondary N) is 1. The Balaban J connectivity index is 1.85. The lowest BCUT2D eigenvalue weighted by Crippen LogP contribution is -2.50. The van der Waals surface area contributed by atoms with E-state index < -0.39 is 5.41 Å². The van der Waals surface area contributed by atoms with E-state index in [1.807, 2.05) is 46.9 Å². The molecule has 3 aliphatic heterocycles. The van der Waals surface area contributed by atoms with E-state index in [4.69, 9.17) is 5.73 Å². The highest BCUT2D eigenvalue weighted by atomic mass is 16.2. The number of benzene rings is 1. The molecule has 1 aromatic heterocycles. The third kappa shape index (κ3) is 1.70. The Bertz CT molecular complexity index is 987. The summed E-state index contributed by atoms with van der Waals surface area (Å²) in [6.45, 7) is 4.05. The number of para-hydroxylation sites is 1. The Morgan fingerprint density at radius 2 is 2.19 bits per heavy atom. The van der Waals surface area contributed by atoms with E-state index in [2.05, 4.69) is 15.3 Å². The van der Waals surface area contributed by atoms with Crippen LogP contribution in [0.1, 0.15) is 18.3 Å². The number of carbonyl (C=O) groups excluding carboxylic acids is 1. The van der Waals surface area contributed by atoms with Gasteiger partial charge in [0.1, 0.15) is 22.9 Å². The van der Waals surface area contributed by atoms with Crippen molar-refractivity contribution in [1.82, 2.24) is 14.9 Å². The molecule has 1 atom stereocenters. The number of likely N-dealkylation sites (N-methyl/N-ethyl adjacent to an activating group) is 1. The Morgan fingerprint density at radius 3 is 2.96 bits per heavy atom. The summed E-state index contributed by atoms with van der Waals surface area (Å²) in [4.78, 5) is 24.6. The summed E-state index contributed by atoms with van der Waals surface area (Å²) in [5.41, 5.74) is 8.41. The molecule has 0 saturated heterocycles. The van der Waals surface area contributed by atoms with Crippen molar-refractivity contribution < 1.29 is 4.79 Å². The second-order valence-corrected chi connectivity index (χ2v) is 6.78. The average molecular weight is 348 g/mol. The molecule has 26 heavy (non-hydrogen) atoms. The van der Waals surface area contributed by atoms with Crippen LogP contribution in [0.5, 0.6) is 0 Å². The van der Waals surface area contributed by atoms with Crippen molar-refractivity contribution in [2.24, 2.45) is 10.7 Å². The van der Waals surface area contributed by atoms with Crippen LogP contribution in [0, 0.1) is 0 Å². The van der Waals surface area contributed by atoms with Crippen molar-refractivity contribution in [3.8, 4) is 0 Å². The van der Waals surface area contributed by atoms with Crippen LogP contribution in [0.4, 0.5) is 5.69 Å². The highest BCUT2D eigenvalue weighted by Crippen LogP contribution is 2.51. The summed E-state index contributed by atoms with van der Waals surface area (Å²) in [5, 5.41) is 3.32. The van der Waals surface area contributed by atoms with Gasteiger partial charge in [-0.15, -0.1) is 0 Å². The van der Waals surface area contributed by atoms with Crippen molar-refractivity contribution in [2.75, 3.05) is 24.5 Å². The van der Waals surface area contributed by atoms with Gasteiger partial charge in [0.25, 0.3) is 0 Å². The molecule has 7 heteroatoms. The molecule has 2 aromatic rings. The first-order valence-electron chi connectivity index (χ1n) is 8.91. The van der Waals surface area contributed by atoms with Crippen LogP contribution in [0.3, 0.4) is 0 Å². The van der Waals surface area contributed by atoms with E-state index in [1.54, 1.807) is 6.20 Å². The molecule has 4 heterocycles. The van der Waals surface area contributed by atoms with Gasteiger partial charge in [0.2, 0.25) is 5.91 Å². The lowest BCUT2D eigenvalue weighted by atomic mass is 9.70. The highest BCUT2D eigenvalue weighted by molar-refractivity contribution is 6.20. The number of fused-ring (bicyclic) bond motifs is 3. The van der Waals surface area contributed by atoms with Crippen LogP contribution < -0.4 is 16.0 Å². The maximum Gasteiger partial charge on any atom is 0.242 e. The van der Waals surface area contributed by atoms with E-state index in [9.17, 15) is 4.79 Å². The van der Waals surface area contributed by atoms with Gasteiger partial charge in [0.15, 0.2) is 0 Å². The maximum absolute atomic E-state index is 13.7. The number of aromatic nitrogens is 2. The number of nitrogens with zero attached hydrogens (tertiary/aromatic N) is 4. The first-order chi connectivity index (χ1) is 12.7. The van der Waals surface area contributed by atoms with Gasteiger partial charge in [0.05, 0.1) is 12.1 Å². The largest absolute Gasteiger partial charge is 0.384 e. The fourth-order valence-corrected chi connectivity index (χ4v) is 4.49. The SMILES string of the molecule is CCN1C(=O)C2(Cc3nccn3C(N)=C2C2=NCCN2)c2ccccc21. The molecule has 1 aromatic carbocycles. The van der Waals surface area contributed by atoms with E-state index in [0.717, 1.165) is 35.0 Å². The molecule has 0 bridgehead atoms. The minimum atomic E-state index is -0.881. The number of anilines is 1. The van der Waals surface area contributed by atoms with Crippen molar-refractivity contribution in [3.63, 3.8) is 0 Å². The van der Waals surface area contributed by atoms with Crippen molar-refractivity contribution in [2.45, 2.75) is 18.8 Å². The Morgan fingerprint density at radius 1 is 1.35 bits per heavy atom. The number of amidine groups is 1. The minimum absolute atomic E-state index is 0.0461. The van der Waals surface area contributed by atoms with Gasteiger partial charge < -0.3 is 16.0 Å². The molecule has 0 radical (unpaired) electrons. The molecular weight excluding hydrogens is 328 g/mol. The Hall–Kier alpha value is -3.09. The zero-order valence-electron chi connectivity index (χ0n) is 14.6. The van der Waals surface area contributed by atoms with E-state index in [0.29, 0.717) is 25.3 Å². The number of aliphatic imine (C=N–C) groups is 1. The molecule has 1 unspecified atom stereocenters. The van der Waals surface area contributed by atoms with Gasteiger partial charge in [-0.1, -0.05) is 18.2 Å². The summed E-state index contributed by atoms with van der Waals surface area (Å²) in [7, 11) is 0. The third-order valence-electron chi connectivity index (χ3n) is 5.58. The fourth-order valence-electron chi connectivity index (χ4n) is 4.49. The summed E-state index contributed by atoms with van der Waals surface area (Å²) < 4.78 is 1.87. The maximum atomic E-state index is 13.7. The van der Waals surface area contributed by atoms with E-state index >= 15 is 0 Å². The molecule has 0 saturated carbocycles. The van der Waals surface area contributed by atoms with E-state index in [1.165, 1.54) is 0 Å². The number of carbonyl (C=O) groups is 1. The van der Waals surface area contributed by atoms with Crippen LogP contribution >= 0.6 is 0 Å². The molecule has 1 amide bonds. The van der Waals surface area contributed by atoms with Crippen LogP contribution in [-0.2, 0) is 16.6 Å². The van der Waals surface area contributed by atoms with Gasteiger partial charge in [-0.2, -0.15) is 0 Å². The van der Waals surface area contributed by atoms with Crippen LogP contribution in [-0.4, -0.2) is 40.9 Å². The fraction of sp³-hybridized carbons (Fsp3) is 0.316. The smallest absolute Gasteiger partial charge is 0.242 e. The lowest BCUT2D eigenvalue weighted by Gasteiger charge is -2.36. The molecule has 0 aliphatic carbocycles. The van der Waals surface area contributed by atoms with Crippen molar-refractivity contribution in [3.05, 3.63) is 53.6 Å². The predicted octanol–water partition coefficient (Wildman–Crippen LogP) is 0.873. The zero-order valence-corrected chi connectivity index (χ0v) is 14.6. The molecule has 0 fully saturated rings. The van der Waals surface area contributed by atoms with E-state index in [-0.39, 0.29) is 5.91 Å². The Labute approximate surface area is 151 Å². The quantitative estimate of drug-likeness (QED) is 0.843. The zero-order chi connectivity index (χ0) is 17.9.